The first kappa shape index (κ1) is 16.9. The molecule has 0 aliphatic carbocycles. The van der Waals surface area contributed by atoms with Crippen LogP contribution in [0.25, 0.3) is 0 Å². The van der Waals surface area contributed by atoms with E-state index < -0.39 is 0 Å². The first-order valence-electron chi connectivity index (χ1n) is 7.96. The number of guanidine groups is 1. The van der Waals surface area contributed by atoms with Crippen molar-refractivity contribution in [3.63, 3.8) is 0 Å². The third-order valence-corrected chi connectivity index (χ3v) is 3.36. The molecule has 0 aliphatic rings. The number of nitrogens with one attached hydrogen (secondary N) is 2. The lowest BCUT2D eigenvalue weighted by Gasteiger charge is -2.14. The summed E-state index contributed by atoms with van der Waals surface area (Å²) < 4.78 is 7.56. The van der Waals surface area contributed by atoms with E-state index in [9.17, 15) is 0 Å². The van der Waals surface area contributed by atoms with Gasteiger partial charge in [-0.3, -0.25) is 9.67 Å². The molecule has 2 aromatic rings. The Balaban J connectivity index is 1.74. The number of aryl methyl sites for hydroxylation is 1. The quantitative estimate of drug-likeness (QED) is 0.444. The van der Waals surface area contributed by atoms with Gasteiger partial charge in [-0.2, -0.15) is 5.10 Å². The van der Waals surface area contributed by atoms with Gasteiger partial charge in [0.2, 0.25) is 0 Å². The molecule has 0 aliphatic heterocycles. The minimum atomic E-state index is 0.664. The predicted molar refractivity (Wildman–Crippen MR) is 92.7 cm³/mol. The molecule has 1 aromatic heterocycles. The van der Waals surface area contributed by atoms with Crippen LogP contribution in [0.2, 0.25) is 0 Å². The van der Waals surface area contributed by atoms with Crippen LogP contribution in [0.5, 0.6) is 5.75 Å². The van der Waals surface area contributed by atoms with Crippen LogP contribution in [0, 0.1) is 0 Å². The van der Waals surface area contributed by atoms with Crippen molar-refractivity contribution < 1.29 is 4.74 Å². The average molecular weight is 315 g/mol. The average Bonchev–Trinajstić information content (AvgIpc) is 3.09. The molecule has 0 unspecified atom stereocenters. The smallest absolute Gasteiger partial charge is 0.191 e. The second-order valence-electron chi connectivity index (χ2n) is 5.02. The second-order valence-corrected chi connectivity index (χ2v) is 5.02. The summed E-state index contributed by atoms with van der Waals surface area (Å²) in [6.07, 6.45) is 4.75. The van der Waals surface area contributed by atoms with Crippen molar-refractivity contribution in [2.75, 3.05) is 20.2 Å². The fourth-order valence-corrected chi connectivity index (χ4v) is 2.23. The number of hydrogen-bond acceptors (Lipinski definition) is 3. The third kappa shape index (κ3) is 5.65. The minimum absolute atomic E-state index is 0.664. The Morgan fingerprint density at radius 1 is 1.26 bits per heavy atom. The van der Waals surface area contributed by atoms with Gasteiger partial charge in [0.1, 0.15) is 5.75 Å². The SMILES string of the molecule is CCOc1ccccc1CNC(=NC)NCCCn1cccn1. The maximum atomic E-state index is 5.63. The van der Waals surface area contributed by atoms with E-state index in [4.69, 9.17) is 4.74 Å². The van der Waals surface area contributed by atoms with Gasteiger partial charge in [-0.05, 0) is 25.5 Å². The molecule has 124 valence electrons. The molecular weight excluding hydrogens is 290 g/mol. The fraction of sp³-hybridized carbons (Fsp3) is 0.412. The summed E-state index contributed by atoms with van der Waals surface area (Å²) in [5, 5.41) is 10.8. The van der Waals surface area contributed by atoms with Gasteiger partial charge in [-0.15, -0.1) is 0 Å². The first-order valence-corrected chi connectivity index (χ1v) is 7.96. The van der Waals surface area contributed by atoms with E-state index in [1.54, 1.807) is 13.2 Å². The highest BCUT2D eigenvalue weighted by molar-refractivity contribution is 5.79. The molecule has 0 spiro atoms. The Bertz CT molecular complexity index is 595. The van der Waals surface area contributed by atoms with Gasteiger partial charge in [0, 0.05) is 44.6 Å². The van der Waals surface area contributed by atoms with E-state index >= 15 is 0 Å². The monoisotopic (exact) mass is 315 g/mol. The zero-order valence-corrected chi connectivity index (χ0v) is 13.8. The number of benzene rings is 1. The van der Waals surface area contributed by atoms with Crippen molar-refractivity contribution in [2.24, 2.45) is 4.99 Å². The number of hydrogen-bond donors (Lipinski definition) is 2. The minimum Gasteiger partial charge on any atom is -0.494 e. The molecule has 2 N–H and O–H groups in total. The third-order valence-electron chi connectivity index (χ3n) is 3.36. The molecule has 2 rings (SSSR count). The Hall–Kier alpha value is -2.50. The van der Waals surface area contributed by atoms with E-state index in [-0.39, 0.29) is 0 Å². The van der Waals surface area contributed by atoms with Gasteiger partial charge in [-0.1, -0.05) is 18.2 Å². The number of ether oxygens (including phenoxy) is 1. The van der Waals surface area contributed by atoms with Crippen molar-refractivity contribution >= 4 is 5.96 Å². The zero-order valence-electron chi connectivity index (χ0n) is 13.8. The maximum absolute atomic E-state index is 5.63. The van der Waals surface area contributed by atoms with Crippen LogP contribution in [-0.4, -0.2) is 35.9 Å². The van der Waals surface area contributed by atoms with Gasteiger partial charge in [0.05, 0.1) is 6.61 Å². The maximum Gasteiger partial charge on any atom is 0.191 e. The van der Waals surface area contributed by atoms with Crippen LogP contribution < -0.4 is 15.4 Å². The van der Waals surface area contributed by atoms with Crippen LogP contribution in [0.15, 0.2) is 47.7 Å². The number of nitrogens with zero attached hydrogens (tertiary/aromatic N) is 3. The summed E-state index contributed by atoms with van der Waals surface area (Å²) in [6, 6.07) is 9.98. The molecule has 23 heavy (non-hydrogen) atoms. The predicted octanol–water partition coefficient (Wildman–Crippen LogP) is 2.04. The Kier molecular flexibility index (Phi) is 6.97. The molecule has 0 radical (unpaired) electrons. The van der Waals surface area contributed by atoms with Crippen LogP contribution >= 0.6 is 0 Å². The van der Waals surface area contributed by atoms with Crippen LogP contribution in [0.3, 0.4) is 0 Å². The van der Waals surface area contributed by atoms with E-state index in [2.05, 4.69) is 26.8 Å². The molecule has 1 heterocycles. The largest absolute Gasteiger partial charge is 0.494 e. The summed E-state index contributed by atoms with van der Waals surface area (Å²) in [5.74, 6) is 1.70. The number of aliphatic imine (C=N–C) groups is 1. The summed E-state index contributed by atoms with van der Waals surface area (Å²) >= 11 is 0. The second kappa shape index (κ2) is 9.50. The lowest BCUT2D eigenvalue weighted by Crippen LogP contribution is -2.37. The van der Waals surface area contributed by atoms with Gasteiger partial charge in [-0.25, -0.2) is 0 Å². The molecule has 0 saturated carbocycles. The molecule has 0 saturated heterocycles. The summed E-state index contributed by atoms with van der Waals surface area (Å²) in [6.45, 7) is 5.06. The van der Waals surface area contributed by atoms with Crippen molar-refractivity contribution in [3.8, 4) is 5.75 Å². The highest BCUT2D eigenvalue weighted by Gasteiger charge is 2.03. The highest BCUT2D eigenvalue weighted by atomic mass is 16.5. The molecule has 6 heteroatoms. The molecule has 0 atom stereocenters. The number of aromatic nitrogens is 2. The van der Waals surface area contributed by atoms with Crippen molar-refractivity contribution in [1.29, 1.82) is 0 Å². The van der Waals surface area contributed by atoms with Crippen LogP contribution in [-0.2, 0) is 13.1 Å². The lowest BCUT2D eigenvalue weighted by atomic mass is 10.2. The Morgan fingerprint density at radius 3 is 2.87 bits per heavy atom. The summed E-state index contributed by atoms with van der Waals surface area (Å²) in [7, 11) is 1.78. The molecule has 1 aromatic carbocycles. The van der Waals surface area contributed by atoms with Gasteiger partial charge in [0.15, 0.2) is 5.96 Å². The molecule has 0 fully saturated rings. The molecular formula is C17H25N5O. The molecule has 0 amide bonds. The van der Waals surface area contributed by atoms with Crippen LogP contribution in [0.4, 0.5) is 0 Å². The zero-order chi connectivity index (χ0) is 16.3. The topological polar surface area (TPSA) is 63.5 Å². The van der Waals surface area contributed by atoms with Gasteiger partial charge < -0.3 is 15.4 Å². The van der Waals surface area contributed by atoms with E-state index in [1.807, 2.05) is 42.1 Å². The van der Waals surface area contributed by atoms with Gasteiger partial charge in [0.25, 0.3) is 0 Å². The summed E-state index contributed by atoms with van der Waals surface area (Å²) in [5.41, 5.74) is 1.12. The highest BCUT2D eigenvalue weighted by Crippen LogP contribution is 2.17. The molecule has 0 bridgehead atoms. The Morgan fingerprint density at radius 2 is 2.13 bits per heavy atom. The normalized spacial score (nSPS) is 11.3. The number of rotatable bonds is 8. The molecule has 6 nitrogen and oxygen atoms in total. The van der Waals surface area contributed by atoms with Crippen molar-refractivity contribution in [3.05, 3.63) is 48.3 Å². The van der Waals surface area contributed by atoms with E-state index in [0.29, 0.717) is 13.2 Å². The first-order chi connectivity index (χ1) is 11.3. The number of para-hydroxylation sites is 1. The van der Waals surface area contributed by atoms with Crippen LogP contribution in [0.1, 0.15) is 18.9 Å². The van der Waals surface area contributed by atoms with Gasteiger partial charge >= 0.3 is 0 Å². The fourth-order valence-electron chi connectivity index (χ4n) is 2.23. The van der Waals surface area contributed by atoms with E-state index in [1.165, 1.54) is 0 Å². The Labute approximate surface area is 137 Å². The van der Waals surface area contributed by atoms with Crippen molar-refractivity contribution in [2.45, 2.75) is 26.4 Å². The van der Waals surface area contributed by atoms with Crippen molar-refractivity contribution in [1.82, 2.24) is 20.4 Å². The lowest BCUT2D eigenvalue weighted by molar-refractivity contribution is 0.336. The van der Waals surface area contributed by atoms with E-state index in [0.717, 1.165) is 36.8 Å². The summed E-state index contributed by atoms with van der Waals surface area (Å²) in [4.78, 5) is 4.24. The standard InChI is InChI=1S/C17H25N5O/c1-3-23-16-9-5-4-8-15(16)14-20-17(18-2)19-10-6-12-22-13-7-11-21-22/h4-5,7-9,11,13H,3,6,10,12,14H2,1-2H3,(H2,18,19,20).